The van der Waals surface area contributed by atoms with E-state index in [1.54, 1.807) is 0 Å². The fourth-order valence-corrected chi connectivity index (χ4v) is 1.91. The Hall–Kier alpha value is -0.210. The number of benzene rings is 1. The van der Waals surface area contributed by atoms with Crippen molar-refractivity contribution in [1.82, 2.24) is 0 Å². The summed E-state index contributed by atoms with van der Waals surface area (Å²) >= 11 is 9.39. The lowest BCUT2D eigenvalue weighted by molar-refractivity contribution is 0.271. The highest BCUT2D eigenvalue weighted by atomic mass is 79.9. The van der Waals surface area contributed by atoms with Gasteiger partial charge in [0.1, 0.15) is 5.75 Å². The Morgan fingerprint density at radius 2 is 1.87 bits per heavy atom. The summed E-state index contributed by atoms with van der Waals surface area (Å²) in [6.07, 6.45) is 0. The van der Waals surface area contributed by atoms with E-state index in [9.17, 15) is 0 Å². The van der Waals surface area contributed by atoms with Crippen molar-refractivity contribution in [2.24, 2.45) is 5.92 Å². The summed E-state index contributed by atoms with van der Waals surface area (Å²) in [6, 6.07) is 3.87. The van der Waals surface area contributed by atoms with Gasteiger partial charge in [-0.15, -0.1) is 0 Å². The molecule has 1 unspecified atom stereocenters. The van der Waals surface area contributed by atoms with Crippen molar-refractivity contribution in [2.45, 2.75) is 20.8 Å². The number of aryl methyl sites for hydroxylation is 2. The summed E-state index contributed by atoms with van der Waals surface area (Å²) in [5, 5.41) is 1.73. The number of halogens is 2. The van der Waals surface area contributed by atoms with E-state index < -0.39 is 0 Å². The van der Waals surface area contributed by atoms with Crippen LogP contribution in [0.2, 0.25) is 5.02 Å². The van der Waals surface area contributed by atoms with Crippen LogP contribution in [0.5, 0.6) is 5.75 Å². The van der Waals surface area contributed by atoms with Gasteiger partial charge < -0.3 is 4.74 Å². The smallest absolute Gasteiger partial charge is 0.125 e. The zero-order valence-electron chi connectivity index (χ0n) is 9.31. The van der Waals surface area contributed by atoms with Crippen LogP contribution in [0.1, 0.15) is 18.1 Å². The van der Waals surface area contributed by atoms with Gasteiger partial charge in [-0.05, 0) is 43.0 Å². The molecule has 0 aliphatic rings. The van der Waals surface area contributed by atoms with Crippen LogP contribution < -0.4 is 4.74 Å². The number of rotatable bonds is 4. The molecule has 0 saturated heterocycles. The van der Waals surface area contributed by atoms with Crippen LogP contribution in [0.3, 0.4) is 0 Å². The van der Waals surface area contributed by atoms with Gasteiger partial charge in [0, 0.05) is 10.4 Å². The lowest BCUT2D eigenvalue weighted by atomic mass is 10.1. The van der Waals surface area contributed by atoms with Crippen LogP contribution in [0, 0.1) is 19.8 Å². The van der Waals surface area contributed by atoms with E-state index in [4.69, 9.17) is 16.3 Å². The molecule has 0 spiro atoms. The van der Waals surface area contributed by atoms with E-state index in [0.717, 1.165) is 33.8 Å². The first-order chi connectivity index (χ1) is 7.04. The van der Waals surface area contributed by atoms with Gasteiger partial charge in [-0.25, -0.2) is 0 Å². The quantitative estimate of drug-likeness (QED) is 0.749. The maximum atomic E-state index is 5.95. The highest BCUT2D eigenvalue weighted by Crippen LogP contribution is 2.27. The lowest BCUT2D eigenvalue weighted by Crippen LogP contribution is -2.10. The third-order valence-corrected chi connectivity index (χ3v) is 3.52. The predicted octanol–water partition coefficient (Wildman–Crippen LogP) is 4.37. The molecule has 1 rings (SSSR count). The second-order valence-corrected chi connectivity index (χ2v) is 5.02. The molecule has 0 saturated carbocycles. The third kappa shape index (κ3) is 3.69. The molecule has 0 aromatic heterocycles. The summed E-state index contributed by atoms with van der Waals surface area (Å²) in [5.41, 5.74) is 2.20. The van der Waals surface area contributed by atoms with Crippen LogP contribution in [0.25, 0.3) is 0 Å². The lowest BCUT2D eigenvalue weighted by Gasteiger charge is -2.15. The first kappa shape index (κ1) is 12.9. The van der Waals surface area contributed by atoms with Crippen LogP contribution in [0.15, 0.2) is 12.1 Å². The molecule has 1 aromatic rings. The first-order valence-electron chi connectivity index (χ1n) is 5.00. The number of hydrogen-bond acceptors (Lipinski definition) is 1. The van der Waals surface area contributed by atoms with Crippen molar-refractivity contribution in [3.05, 3.63) is 28.3 Å². The molecule has 0 N–H and O–H groups in total. The summed E-state index contributed by atoms with van der Waals surface area (Å²) in [5.74, 6) is 1.48. The molecule has 0 bridgehead atoms. The molecular weight excluding hydrogens is 275 g/mol. The van der Waals surface area contributed by atoms with Gasteiger partial charge >= 0.3 is 0 Å². The van der Waals surface area contributed by atoms with Gasteiger partial charge in [0.2, 0.25) is 0 Å². The average Bonchev–Trinajstić information content (AvgIpc) is 2.15. The number of ether oxygens (including phenoxy) is 1. The van der Waals surface area contributed by atoms with Crippen LogP contribution in [-0.2, 0) is 0 Å². The van der Waals surface area contributed by atoms with E-state index in [1.165, 1.54) is 0 Å². The second-order valence-electron chi connectivity index (χ2n) is 3.94. The molecule has 0 fully saturated rings. The minimum Gasteiger partial charge on any atom is -0.493 e. The Morgan fingerprint density at radius 1 is 1.33 bits per heavy atom. The van der Waals surface area contributed by atoms with Gasteiger partial charge in [-0.1, -0.05) is 34.5 Å². The minimum atomic E-state index is 0.513. The maximum Gasteiger partial charge on any atom is 0.125 e. The first-order valence-corrected chi connectivity index (χ1v) is 6.50. The van der Waals surface area contributed by atoms with Crippen molar-refractivity contribution < 1.29 is 4.74 Å². The molecule has 0 aliphatic heterocycles. The highest BCUT2D eigenvalue weighted by molar-refractivity contribution is 9.09. The third-order valence-electron chi connectivity index (χ3n) is 2.20. The fraction of sp³-hybridized carbons (Fsp3) is 0.500. The molecular formula is C12H16BrClO. The van der Waals surface area contributed by atoms with Crippen molar-refractivity contribution in [2.75, 3.05) is 11.9 Å². The van der Waals surface area contributed by atoms with E-state index in [2.05, 4.69) is 22.9 Å². The molecule has 84 valence electrons. The van der Waals surface area contributed by atoms with Gasteiger partial charge in [0.25, 0.3) is 0 Å². The molecule has 1 nitrogen and oxygen atoms in total. The predicted molar refractivity (Wildman–Crippen MR) is 69.4 cm³/mol. The second kappa shape index (κ2) is 5.76. The largest absolute Gasteiger partial charge is 0.493 e. The van der Waals surface area contributed by atoms with Crippen molar-refractivity contribution in [1.29, 1.82) is 0 Å². The molecule has 3 heteroatoms. The van der Waals surface area contributed by atoms with E-state index in [1.807, 2.05) is 26.0 Å². The Morgan fingerprint density at radius 3 is 2.33 bits per heavy atom. The van der Waals surface area contributed by atoms with Crippen molar-refractivity contribution in [3.8, 4) is 5.75 Å². The van der Waals surface area contributed by atoms with E-state index >= 15 is 0 Å². The van der Waals surface area contributed by atoms with Gasteiger partial charge in [0.15, 0.2) is 0 Å². The summed E-state index contributed by atoms with van der Waals surface area (Å²) < 4.78 is 5.79. The summed E-state index contributed by atoms with van der Waals surface area (Å²) in [4.78, 5) is 0. The molecule has 1 atom stereocenters. The molecule has 0 aliphatic carbocycles. The highest BCUT2D eigenvalue weighted by Gasteiger charge is 2.07. The maximum absolute atomic E-state index is 5.95. The zero-order valence-corrected chi connectivity index (χ0v) is 11.7. The Kier molecular flexibility index (Phi) is 4.94. The number of alkyl halides is 1. The van der Waals surface area contributed by atoms with E-state index in [0.29, 0.717) is 5.92 Å². The van der Waals surface area contributed by atoms with Crippen molar-refractivity contribution >= 4 is 27.5 Å². The molecule has 0 amide bonds. The van der Waals surface area contributed by atoms with Gasteiger partial charge in [-0.2, -0.15) is 0 Å². The zero-order chi connectivity index (χ0) is 11.4. The molecule has 1 aromatic carbocycles. The van der Waals surface area contributed by atoms with E-state index in [-0.39, 0.29) is 0 Å². The molecule has 15 heavy (non-hydrogen) atoms. The normalized spacial score (nSPS) is 12.6. The van der Waals surface area contributed by atoms with Crippen LogP contribution in [-0.4, -0.2) is 11.9 Å². The Balaban J connectivity index is 2.77. The van der Waals surface area contributed by atoms with Crippen molar-refractivity contribution in [3.63, 3.8) is 0 Å². The van der Waals surface area contributed by atoms with Gasteiger partial charge in [-0.3, -0.25) is 0 Å². The monoisotopic (exact) mass is 290 g/mol. The fourth-order valence-electron chi connectivity index (χ4n) is 1.40. The average molecular weight is 292 g/mol. The number of hydrogen-bond donors (Lipinski definition) is 0. The summed E-state index contributed by atoms with van der Waals surface area (Å²) in [7, 11) is 0. The summed E-state index contributed by atoms with van der Waals surface area (Å²) in [6.45, 7) is 6.92. The van der Waals surface area contributed by atoms with Crippen LogP contribution >= 0.6 is 27.5 Å². The van der Waals surface area contributed by atoms with Gasteiger partial charge in [0.05, 0.1) is 6.61 Å². The topological polar surface area (TPSA) is 9.23 Å². The van der Waals surface area contributed by atoms with Crippen LogP contribution in [0.4, 0.5) is 0 Å². The minimum absolute atomic E-state index is 0.513. The Bertz CT molecular complexity index is 315. The standard InChI is InChI=1S/C12H16BrClO/c1-8(6-13)7-15-12-9(2)4-11(14)5-10(12)3/h4-5,8H,6-7H2,1-3H3. The Labute approximate surface area is 105 Å². The molecule has 0 heterocycles. The SMILES string of the molecule is Cc1cc(Cl)cc(C)c1OCC(C)CBr. The molecule has 0 radical (unpaired) electrons.